The smallest absolute Gasteiger partial charge is 0.184 e. The van der Waals surface area contributed by atoms with Crippen molar-refractivity contribution in [2.75, 3.05) is 0 Å². The maximum absolute atomic E-state index is 6.29. The summed E-state index contributed by atoms with van der Waals surface area (Å²) in [5.74, 6) is 0. The SMILES string of the molecule is C[Si](C)(C)OCc1nc2ccccc2c(-c2ccccc2)c1-c1ccccc1. The van der Waals surface area contributed by atoms with Crippen LogP contribution in [0.25, 0.3) is 33.2 Å². The molecule has 140 valence electrons. The van der Waals surface area contributed by atoms with E-state index >= 15 is 0 Å². The second kappa shape index (κ2) is 7.70. The summed E-state index contributed by atoms with van der Waals surface area (Å²) in [4.78, 5) is 5.04. The molecule has 0 aliphatic heterocycles. The van der Waals surface area contributed by atoms with Crippen LogP contribution in [0.5, 0.6) is 0 Å². The molecule has 1 heterocycles. The Bertz CT molecular complexity index is 1090. The molecule has 0 atom stereocenters. The number of pyridine rings is 1. The first kappa shape index (κ1) is 18.6. The zero-order valence-corrected chi connectivity index (χ0v) is 17.6. The highest BCUT2D eigenvalue weighted by Gasteiger charge is 2.21. The molecule has 0 N–H and O–H groups in total. The third kappa shape index (κ3) is 3.91. The van der Waals surface area contributed by atoms with Gasteiger partial charge >= 0.3 is 0 Å². The highest BCUT2D eigenvalue weighted by Crippen LogP contribution is 2.39. The summed E-state index contributed by atoms with van der Waals surface area (Å²) in [6.07, 6.45) is 0. The van der Waals surface area contributed by atoms with Crippen LogP contribution in [0.2, 0.25) is 19.6 Å². The van der Waals surface area contributed by atoms with E-state index < -0.39 is 8.32 Å². The number of hydrogen-bond acceptors (Lipinski definition) is 2. The van der Waals surface area contributed by atoms with Crippen LogP contribution in [0.1, 0.15) is 5.69 Å². The van der Waals surface area contributed by atoms with Gasteiger partial charge in [-0.05, 0) is 36.8 Å². The fourth-order valence-electron chi connectivity index (χ4n) is 3.47. The number of aromatic nitrogens is 1. The van der Waals surface area contributed by atoms with Crippen LogP contribution in [-0.4, -0.2) is 13.3 Å². The number of rotatable bonds is 5. The molecule has 4 aromatic rings. The van der Waals surface area contributed by atoms with E-state index in [1.54, 1.807) is 0 Å². The Hall–Kier alpha value is -2.75. The minimum Gasteiger partial charge on any atom is -0.412 e. The summed E-state index contributed by atoms with van der Waals surface area (Å²) in [6, 6.07) is 29.6. The van der Waals surface area contributed by atoms with Gasteiger partial charge in [0.2, 0.25) is 0 Å². The van der Waals surface area contributed by atoms with Crippen molar-refractivity contribution >= 4 is 19.2 Å². The Balaban J connectivity index is 2.05. The minimum atomic E-state index is -1.67. The Morgan fingerprint density at radius 1 is 0.679 bits per heavy atom. The molecule has 0 aliphatic rings. The molecule has 4 rings (SSSR count). The molecular formula is C25H25NOSi. The maximum Gasteiger partial charge on any atom is 0.184 e. The lowest BCUT2D eigenvalue weighted by Gasteiger charge is -2.21. The standard InChI is InChI=1S/C25H25NOSi/c1-28(2,3)27-18-23-25(20-14-8-5-9-15-20)24(19-12-6-4-7-13-19)21-16-10-11-17-22(21)26-23/h4-17H,18H2,1-3H3. The van der Waals surface area contributed by atoms with Crippen LogP contribution in [-0.2, 0) is 11.0 Å². The van der Waals surface area contributed by atoms with Gasteiger partial charge in [-0.2, -0.15) is 0 Å². The van der Waals surface area contributed by atoms with Crippen LogP contribution >= 0.6 is 0 Å². The van der Waals surface area contributed by atoms with Crippen molar-refractivity contribution < 1.29 is 4.43 Å². The second-order valence-electron chi connectivity index (χ2n) is 7.96. The first-order valence-corrected chi connectivity index (χ1v) is 13.1. The van der Waals surface area contributed by atoms with Gasteiger partial charge in [0.05, 0.1) is 17.8 Å². The predicted octanol–water partition coefficient (Wildman–Crippen LogP) is 6.92. The third-order valence-electron chi connectivity index (χ3n) is 4.73. The Kier molecular flexibility index (Phi) is 5.12. The molecule has 1 aromatic heterocycles. The average Bonchev–Trinajstić information content (AvgIpc) is 2.72. The Morgan fingerprint density at radius 3 is 1.82 bits per heavy atom. The van der Waals surface area contributed by atoms with E-state index in [1.165, 1.54) is 27.6 Å². The van der Waals surface area contributed by atoms with Crippen LogP contribution in [0.3, 0.4) is 0 Å². The van der Waals surface area contributed by atoms with Gasteiger partial charge in [0.1, 0.15) is 0 Å². The Labute approximate surface area is 168 Å². The van der Waals surface area contributed by atoms with Gasteiger partial charge in [0, 0.05) is 16.5 Å². The molecule has 0 amide bonds. The molecule has 0 spiro atoms. The number of benzene rings is 3. The lowest BCUT2D eigenvalue weighted by atomic mass is 9.90. The fraction of sp³-hybridized carbons (Fsp3) is 0.160. The van der Waals surface area contributed by atoms with Crippen LogP contribution in [0.15, 0.2) is 84.9 Å². The molecule has 0 unspecified atom stereocenters. The molecule has 0 radical (unpaired) electrons. The van der Waals surface area contributed by atoms with Gasteiger partial charge < -0.3 is 4.43 Å². The van der Waals surface area contributed by atoms with E-state index in [0.717, 1.165) is 11.2 Å². The highest BCUT2D eigenvalue weighted by molar-refractivity contribution is 6.69. The van der Waals surface area contributed by atoms with Crippen LogP contribution in [0.4, 0.5) is 0 Å². The molecule has 0 fully saturated rings. The van der Waals surface area contributed by atoms with Crippen molar-refractivity contribution in [2.45, 2.75) is 26.2 Å². The summed E-state index contributed by atoms with van der Waals surface area (Å²) in [6.45, 7) is 7.18. The molecule has 0 bridgehead atoms. The monoisotopic (exact) mass is 383 g/mol. The van der Waals surface area contributed by atoms with Gasteiger partial charge in [-0.25, -0.2) is 4.98 Å². The number of fused-ring (bicyclic) bond motifs is 1. The Morgan fingerprint density at radius 2 is 1.21 bits per heavy atom. The first-order chi connectivity index (χ1) is 13.5. The summed E-state index contributed by atoms with van der Waals surface area (Å²) in [5, 5.41) is 1.17. The quantitative estimate of drug-likeness (QED) is 0.349. The second-order valence-corrected chi connectivity index (χ2v) is 12.5. The molecule has 0 aliphatic carbocycles. The molecule has 2 nitrogen and oxygen atoms in total. The van der Waals surface area contributed by atoms with E-state index in [9.17, 15) is 0 Å². The van der Waals surface area contributed by atoms with E-state index in [2.05, 4.69) is 105 Å². The molecule has 3 heteroatoms. The third-order valence-corrected chi connectivity index (χ3v) is 5.74. The maximum atomic E-state index is 6.29. The summed E-state index contributed by atoms with van der Waals surface area (Å²) in [5.41, 5.74) is 6.79. The number of para-hydroxylation sites is 1. The van der Waals surface area contributed by atoms with E-state index in [4.69, 9.17) is 9.41 Å². The van der Waals surface area contributed by atoms with E-state index in [0.29, 0.717) is 6.61 Å². The largest absolute Gasteiger partial charge is 0.412 e. The van der Waals surface area contributed by atoms with Crippen molar-refractivity contribution in [1.29, 1.82) is 0 Å². The topological polar surface area (TPSA) is 22.1 Å². The van der Waals surface area contributed by atoms with Gasteiger partial charge in [0.25, 0.3) is 0 Å². The molecular weight excluding hydrogens is 358 g/mol. The number of nitrogens with zero attached hydrogens (tertiary/aromatic N) is 1. The van der Waals surface area contributed by atoms with Gasteiger partial charge in [-0.1, -0.05) is 78.9 Å². The van der Waals surface area contributed by atoms with Crippen molar-refractivity contribution in [1.82, 2.24) is 4.98 Å². The van der Waals surface area contributed by atoms with Gasteiger partial charge in [0.15, 0.2) is 8.32 Å². The lowest BCUT2D eigenvalue weighted by Crippen LogP contribution is -2.25. The van der Waals surface area contributed by atoms with Crippen LogP contribution < -0.4 is 0 Å². The summed E-state index contributed by atoms with van der Waals surface area (Å²) in [7, 11) is -1.67. The molecule has 0 saturated carbocycles. The highest BCUT2D eigenvalue weighted by atomic mass is 28.4. The van der Waals surface area contributed by atoms with E-state index in [-0.39, 0.29) is 0 Å². The zero-order chi connectivity index (χ0) is 19.6. The normalized spacial score (nSPS) is 11.7. The summed E-state index contributed by atoms with van der Waals surface area (Å²) >= 11 is 0. The first-order valence-electron chi connectivity index (χ1n) is 9.69. The average molecular weight is 384 g/mol. The predicted molar refractivity (Wildman–Crippen MR) is 121 cm³/mol. The lowest BCUT2D eigenvalue weighted by molar-refractivity contribution is 0.295. The minimum absolute atomic E-state index is 0.532. The summed E-state index contributed by atoms with van der Waals surface area (Å²) < 4.78 is 6.29. The molecule has 3 aromatic carbocycles. The van der Waals surface area contributed by atoms with Crippen molar-refractivity contribution in [3.8, 4) is 22.3 Å². The number of hydrogen-bond donors (Lipinski definition) is 0. The fourth-order valence-corrected chi connectivity index (χ4v) is 4.04. The molecule has 28 heavy (non-hydrogen) atoms. The van der Waals surface area contributed by atoms with E-state index in [1.807, 2.05) is 0 Å². The van der Waals surface area contributed by atoms with Crippen molar-refractivity contribution in [3.05, 3.63) is 90.6 Å². The zero-order valence-electron chi connectivity index (χ0n) is 16.6. The van der Waals surface area contributed by atoms with Gasteiger partial charge in [-0.15, -0.1) is 0 Å². The van der Waals surface area contributed by atoms with Crippen molar-refractivity contribution in [3.63, 3.8) is 0 Å². The molecule has 0 saturated heterocycles. The van der Waals surface area contributed by atoms with Gasteiger partial charge in [-0.3, -0.25) is 0 Å². The van der Waals surface area contributed by atoms with Crippen LogP contribution in [0, 0.1) is 0 Å². The van der Waals surface area contributed by atoms with Crippen molar-refractivity contribution in [2.24, 2.45) is 0 Å².